The van der Waals surface area contributed by atoms with Gasteiger partial charge in [0.1, 0.15) is 0 Å². The topological polar surface area (TPSA) is 130 Å². The molecule has 0 bridgehead atoms. The van der Waals surface area contributed by atoms with Crippen LogP contribution in [0.3, 0.4) is 0 Å². The van der Waals surface area contributed by atoms with Gasteiger partial charge in [-0.3, -0.25) is 9.59 Å². The van der Waals surface area contributed by atoms with E-state index in [0.29, 0.717) is 17.1 Å². The van der Waals surface area contributed by atoms with Crippen LogP contribution in [0.15, 0.2) is 47.6 Å². The lowest BCUT2D eigenvalue weighted by Gasteiger charge is -2.14. The molecule has 9 nitrogen and oxygen atoms in total. The summed E-state index contributed by atoms with van der Waals surface area (Å²) in [4.78, 5) is 33.6. The number of carboxylic acid groups (broad SMARTS) is 1. The van der Waals surface area contributed by atoms with Gasteiger partial charge in [-0.2, -0.15) is 0 Å². The fourth-order valence-electron chi connectivity index (χ4n) is 2.94. The van der Waals surface area contributed by atoms with Crippen molar-refractivity contribution in [1.82, 2.24) is 14.7 Å². The molecule has 0 atom stereocenters. The summed E-state index contributed by atoms with van der Waals surface area (Å²) in [6.45, 7) is 1.70. The van der Waals surface area contributed by atoms with Crippen LogP contribution in [0.1, 0.15) is 35.2 Å². The Balaban J connectivity index is 1.60. The monoisotopic (exact) mass is 430 g/mol. The van der Waals surface area contributed by atoms with Gasteiger partial charge in [-0.1, -0.05) is 0 Å². The number of aromatic nitrogens is 2. The van der Waals surface area contributed by atoms with E-state index < -0.39 is 16.0 Å². The molecule has 0 saturated carbocycles. The Labute approximate surface area is 174 Å². The number of carbonyl (C=O) groups excluding carboxylic acids is 1. The number of hydrogen-bond acceptors (Lipinski definition) is 7. The Morgan fingerprint density at radius 1 is 1.10 bits per heavy atom. The maximum absolute atomic E-state index is 12.3. The maximum Gasteiger partial charge on any atom is 0.304 e. The van der Waals surface area contributed by atoms with Crippen LogP contribution in [-0.2, 0) is 14.8 Å². The number of anilines is 1. The van der Waals surface area contributed by atoms with Gasteiger partial charge in [-0.25, -0.2) is 23.1 Å². The van der Waals surface area contributed by atoms with E-state index in [1.807, 2.05) is 0 Å². The second-order valence-corrected chi connectivity index (χ2v) is 8.54. The number of rotatable bonds is 9. The van der Waals surface area contributed by atoms with Gasteiger partial charge in [0.05, 0.1) is 11.3 Å². The van der Waals surface area contributed by atoms with Crippen LogP contribution in [0.5, 0.6) is 0 Å². The smallest absolute Gasteiger partial charge is 0.304 e. The molecule has 1 fully saturated rings. The molecule has 0 amide bonds. The van der Waals surface area contributed by atoms with Crippen LogP contribution in [0.4, 0.5) is 5.95 Å². The molecule has 158 valence electrons. The first-order valence-corrected chi connectivity index (χ1v) is 10.9. The van der Waals surface area contributed by atoms with Gasteiger partial charge in [0.15, 0.2) is 5.78 Å². The Kier molecular flexibility index (Phi) is 6.91. The molecular weight excluding hydrogens is 408 g/mol. The molecular formula is C20H22N4O5S. The average Bonchev–Trinajstić information content (AvgIpc) is 3.27. The van der Waals surface area contributed by atoms with Crippen LogP contribution >= 0.6 is 0 Å². The van der Waals surface area contributed by atoms with Crippen molar-refractivity contribution in [2.45, 2.75) is 24.2 Å². The first-order valence-electron chi connectivity index (χ1n) is 9.46. The average molecular weight is 430 g/mol. The molecule has 1 saturated heterocycles. The lowest BCUT2D eigenvalue weighted by atomic mass is 10.1. The zero-order chi connectivity index (χ0) is 21.6. The highest BCUT2D eigenvalue weighted by Gasteiger charge is 2.15. The van der Waals surface area contributed by atoms with Gasteiger partial charge in [-0.05, 0) is 49.3 Å². The third-order valence-electron chi connectivity index (χ3n) is 4.55. The SMILES string of the molecule is O=C(O)CCNS(=O)(=O)c1ccc(C(=O)/C=C/c2cnc(N3CCCC3)nc2)cc1. The fraction of sp³-hybridized carbons (Fsp3) is 0.300. The number of hydrogen-bond donors (Lipinski definition) is 2. The summed E-state index contributed by atoms with van der Waals surface area (Å²) >= 11 is 0. The molecule has 1 aliphatic rings. The fourth-order valence-corrected chi connectivity index (χ4v) is 3.97. The van der Waals surface area contributed by atoms with Crippen molar-refractivity contribution >= 4 is 33.8 Å². The van der Waals surface area contributed by atoms with E-state index in [9.17, 15) is 18.0 Å². The minimum absolute atomic E-state index is 0.0423. The molecule has 3 rings (SSSR count). The molecule has 0 radical (unpaired) electrons. The highest BCUT2D eigenvalue weighted by atomic mass is 32.2. The van der Waals surface area contributed by atoms with E-state index in [2.05, 4.69) is 19.6 Å². The van der Waals surface area contributed by atoms with Gasteiger partial charge >= 0.3 is 5.97 Å². The quantitative estimate of drug-likeness (QED) is 0.454. The maximum atomic E-state index is 12.3. The first-order chi connectivity index (χ1) is 14.3. The summed E-state index contributed by atoms with van der Waals surface area (Å²) in [7, 11) is -3.83. The van der Waals surface area contributed by atoms with Crippen LogP contribution in [0.25, 0.3) is 6.08 Å². The van der Waals surface area contributed by atoms with Crippen molar-refractivity contribution in [2.75, 3.05) is 24.5 Å². The van der Waals surface area contributed by atoms with Crippen molar-refractivity contribution in [3.63, 3.8) is 0 Å². The highest BCUT2D eigenvalue weighted by molar-refractivity contribution is 7.89. The number of allylic oxidation sites excluding steroid dienone is 1. The molecule has 0 unspecified atom stereocenters. The van der Waals surface area contributed by atoms with Crippen molar-refractivity contribution in [2.24, 2.45) is 0 Å². The third-order valence-corrected chi connectivity index (χ3v) is 6.03. The van der Waals surface area contributed by atoms with E-state index in [1.165, 1.54) is 30.3 Å². The Hall–Kier alpha value is -3.11. The molecule has 10 heteroatoms. The number of nitrogens with zero attached hydrogens (tertiary/aromatic N) is 3. The normalized spacial score (nSPS) is 14.3. The summed E-state index contributed by atoms with van der Waals surface area (Å²) in [6, 6.07) is 5.42. The largest absolute Gasteiger partial charge is 0.481 e. The number of nitrogens with one attached hydrogen (secondary N) is 1. The van der Waals surface area contributed by atoms with Crippen molar-refractivity contribution < 1.29 is 23.1 Å². The summed E-state index contributed by atoms with van der Waals surface area (Å²) in [5.41, 5.74) is 1.01. The number of carbonyl (C=O) groups is 2. The molecule has 1 aromatic heterocycles. The zero-order valence-electron chi connectivity index (χ0n) is 16.2. The summed E-state index contributed by atoms with van der Waals surface area (Å²) in [6.07, 6.45) is 8.25. The van der Waals surface area contributed by atoms with Crippen molar-refractivity contribution in [1.29, 1.82) is 0 Å². The minimum atomic E-state index is -3.83. The second-order valence-electron chi connectivity index (χ2n) is 6.77. The molecule has 1 aliphatic heterocycles. The highest BCUT2D eigenvalue weighted by Crippen LogP contribution is 2.16. The van der Waals surface area contributed by atoms with Crippen molar-refractivity contribution in [3.8, 4) is 0 Å². The molecule has 2 aromatic rings. The molecule has 30 heavy (non-hydrogen) atoms. The summed E-state index contributed by atoms with van der Waals surface area (Å²) < 4.78 is 26.4. The van der Waals surface area contributed by atoms with Crippen LogP contribution < -0.4 is 9.62 Å². The lowest BCUT2D eigenvalue weighted by Crippen LogP contribution is -2.26. The van der Waals surface area contributed by atoms with Gasteiger partial charge in [-0.15, -0.1) is 0 Å². The van der Waals surface area contributed by atoms with Gasteiger partial charge < -0.3 is 10.0 Å². The third kappa shape index (κ3) is 5.71. The Bertz CT molecular complexity index is 1030. The van der Waals surface area contributed by atoms with E-state index in [1.54, 1.807) is 18.5 Å². The minimum Gasteiger partial charge on any atom is -0.481 e. The number of aliphatic carboxylic acids is 1. The summed E-state index contributed by atoms with van der Waals surface area (Å²) in [5, 5.41) is 8.59. The second kappa shape index (κ2) is 9.59. The molecule has 0 spiro atoms. The van der Waals surface area contributed by atoms with Crippen LogP contribution in [-0.4, -0.2) is 54.9 Å². The molecule has 0 aliphatic carbocycles. The molecule has 2 heterocycles. The first kappa shape index (κ1) is 21.6. The number of sulfonamides is 1. The molecule has 2 N–H and O–H groups in total. The lowest BCUT2D eigenvalue weighted by molar-refractivity contribution is -0.136. The number of carboxylic acids is 1. The van der Waals surface area contributed by atoms with Gasteiger partial charge in [0, 0.05) is 43.2 Å². The van der Waals surface area contributed by atoms with E-state index in [0.717, 1.165) is 25.9 Å². The summed E-state index contributed by atoms with van der Waals surface area (Å²) in [5.74, 6) is -0.701. The Morgan fingerprint density at radius 2 is 1.73 bits per heavy atom. The van der Waals surface area contributed by atoms with Crippen molar-refractivity contribution in [3.05, 3.63) is 53.9 Å². The van der Waals surface area contributed by atoms with E-state index in [-0.39, 0.29) is 23.6 Å². The number of ketones is 1. The van der Waals surface area contributed by atoms with Crippen LogP contribution in [0, 0.1) is 0 Å². The predicted molar refractivity (Wildman–Crippen MR) is 111 cm³/mol. The number of benzene rings is 1. The Morgan fingerprint density at radius 3 is 2.33 bits per heavy atom. The van der Waals surface area contributed by atoms with Gasteiger partial charge in [0.2, 0.25) is 16.0 Å². The zero-order valence-corrected chi connectivity index (χ0v) is 17.0. The van der Waals surface area contributed by atoms with Crippen LogP contribution in [0.2, 0.25) is 0 Å². The van der Waals surface area contributed by atoms with E-state index in [4.69, 9.17) is 5.11 Å². The molecule has 1 aromatic carbocycles. The predicted octanol–water partition coefficient (Wildman–Crippen LogP) is 1.73. The standard InChI is InChI=1S/C20H22N4O5S/c25-18(8-3-15-13-21-20(22-14-15)24-11-1-2-12-24)16-4-6-17(7-5-16)30(28,29)23-10-9-19(26)27/h3-8,13-14,23H,1-2,9-12H2,(H,26,27)/b8-3+. The van der Waals surface area contributed by atoms with E-state index >= 15 is 0 Å². The van der Waals surface area contributed by atoms with Gasteiger partial charge in [0.25, 0.3) is 0 Å².